The Bertz CT molecular complexity index is 806. The quantitative estimate of drug-likeness (QED) is 0.605. The molecular formula is C18H18ClN2O4-. The SMILES string of the molecule is COCc1cc(/C(C)=N\Nc2cc(C(=O)[O-])ccc2Cl)ccc1OC. The lowest BCUT2D eigenvalue weighted by atomic mass is 10.1. The fourth-order valence-electron chi connectivity index (χ4n) is 2.22. The Hall–Kier alpha value is -2.57. The Labute approximate surface area is 151 Å². The Kier molecular flexibility index (Phi) is 6.38. The molecule has 0 saturated heterocycles. The second-order valence-corrected chi connectivity index (χ2v) is 5.66. The lowest BCUT2D eigenvalue weighted by Crippen LogP contribution is -2.22. The summed E-state index contributed by atoms with van der Waals surface area (Å²) in [7, 11) is 3.21. The van der Waals surface area contributed by atoms with Crippen molar-refractivity contribution in [1.82, 2.24) is 0 Å². The van der Waals surface area contributed by atoms with Crippen LogP contribution in [0.15, 0.2) is 41.5 Å². The predicted octanol–water partition coefficient (Wildman–Crippen LogP) is 2.69. The number of nitrogens with zero attached hydrogens (tertiary/aromatic N) is 1. The molecule has 2 aromatic carbocycles. The van der Waals surface area contributed by atoms with Crippen LogP contribution in [0.5, 0.6) is 5.75 Å². The number of hydrazone groups is 1. The molecule has 0 aliphatic rings. The van der Waals surface area contributed by atoms with Gasteiger partial charge in [-0.25, -0.2) is 0 Å². The molecule has 2 aromatic rings. The van der Waals surface area contributed by atoms with Crippen LogP contribution in [-0.4, -0.2) is 25.9 Å². The smallest absolute Gasteiger partial charge is 0.124 e. The van der Waals surface area contributed by atoms with Crippen molar-refractivity contribution in [2.75, 3.05) is 19.6 Å². The number of benzene rings is 2. The van der Waals surface area contributed by atoms with E-state index in [1.165, 1.54) is 18.2 Å². The highest BCUT2D eigenvalue weighted by molar-refractivity contribution is 6.33. The second-order valence-electron chi connectivity index (χ2n) is 5.25. The molecule has 0 saturated carbocycles. The lowest BCUT2D eigenvalue weighted by Gasteiger charge is -2.11. The maximum absolute atomic E-state index is 10.9. The van der Waals surface area contributed by atoms with E-state index in [0.29, 0.717) is 23.0 Å². The molecule has 0 aliphatic heterocycles. The van der Waals surface area contributed by atoms with E-state index in [4.69, 9.17) is 21.1 Å². The number of halogens is 1. The normalized spacial score (nSPS) is 11.3. The molecule has 2 rings (SSSR count). The van der Waals surface area contributed by atoms with Gasteiger partial charge in [-0.05, 0) is 48.4 Å². The van der Waals surface area contributed by atoms with Crippen LogP contribution in [0, 0.1) is 0 Å². The van der Waals surface area contributed by atoms with E-state index in [-0.39, 0.29) is 5.56 Å². The van der Waals surface area contributed by atoms with E-state index >= 15 is 0 Å². The van der Waals surface area contributed by atoms with Gasteiger partial charge in [0.05, 0.1) is 36.1 Å². The van der Waals surface area contributed by atoms with Gasteiger partial charge in [0.1, 0.15) is 5.75 Å². The molecule has 7 heteroatoms. The summed E-state index contributed by atoms with van der Waals surface area (Å²) >= 11 is 6.06. The lowest BCUT2D eigenvalue weighted by molar-refractivity contribution is -0.255. The first kappa shape index (κ1) is 18.8. The second kappa shape index (κ2) is 8.50. The summed E-state index contributed by atoms with van der Waals surface area (Å²) in [6, 6.07) is 9.86. The number of carboxylic acids is 1. The van der Waals surface area contributed by atoms with Gasteiger partial charge in [-0.15, -0.1) is 0 Å². The Morgan fingerprint density at radius 3 is 2.56 bits per heavy atom. The van der Waals surface area contributed by atoms with Crippen molar-refractivity contribution in [2.24, 2.45) is 5.10 Å². The summed E-state index contributed by atoms with van der Waals surface area (Å²) in [5.41, 5.74) is 5.65. The monoisotopic (exact) mass is 361 g/mol. The maximum Gasteiger partial charge on any atom is 0.124 e. The molecule has 0 heterocycles. The largest absolute Gasteiger partial charge is 0.545 e. The van der Waals surface area contributed by atoms with Gasteiger partial charge < -0.3 is 19.4 Å². The predicted molar refractivity (Wildman–Crippen MR) is 95.3 cm³/mol. The summed E-state index contributed by atoms with van der Waals surface area (Å²) in [6.45, 7) is 2.24. The minimum Gasteiger partial charge on any atom is -0.545 e. The summed E-state index contributed by atoms with van der Waals surface area (Å²) in [5, 5.41) is 15.6. The standard InChI is InChI=1S/C18H19ClN2O4/c1-11(12-5-7-17(25-3)14(8-12)10-24-2)20-21-16-9-13(18(22)23)4-6-15(16)19/h4-9,21H,10H2,1-3H3,(H,22,23)/p-1/b20-11-. The molecule has 0 radical (unpaired) electrons. The number of ether oxygens (including phenoxy) is 2. The molecule has 6 nitrogen and oxygen atoms in total. The van der Waals surface area contributed by atoms with E-state index in [2.05, 4.69) is 10.5 Å². The number of rotatable bonds is 7. The van der Waals surface area contributed by atoms with Gasteiger partial charge >= 0.3 is 0 Å². The molecular weight excluding hydrogens is 344 g/mol. The minimum atomic E-state index is -1.28. The van der Waals surface area contributed by atoms with Crippen molar-refractivity contribution in [2.45, 2.75) is 13.5 Å². The fraction of sp³-hybridized carbons (Fsp3) is 0.222. The van der Waals surface area contributed by atoms with Crippen molar-refractivity contribution in [3.05, 3.63) is 58.1 Å². The van der Waals surface area contributed by atoms with Crippen molar-refractivity contribution >= 4 is 29.0 Å². The van der Waals surface area contributed by atoms with Crippen LogP contribution in [0.25, 0.3) is 0 Å². The maximum atomic E-state index is 10.9. The van der Waals surface area contributed by atoms with Crippen LogP contribution >= 0.6 is 11.6 Å². The molecule has 0 spiro atoms. The molecule has 0 fully saturated rings. The third-order valence-electron chi connectivity index (χ3n) is 3.54. The van der Waals surface area contributed by atoms with E-state index < -0.39 is 5.97 Å². The highest BCUT2D eigenvalue weighted by Gasteiger charge is 2.07. The van der Waals surface area contributed by atoms with Gasteiger partial charge in [0.25, 0.3) is 0 Å². The number of carbonyl (C=O) groups is 1. The van der Waals surface area contributed by atoms with Crippen LogP contribution < -0.4 is 15.3 Å². The topological polar surface area (TPSA) is 83.0 Å². The zero-order chi connectivity index (χ0) is 18.4. The first-order valence-electron chi connectivity index (χ1n) is 7.43. The number of methoxy groups -OCH3 is 2. The van der Waals surface area contributed by atoms with Crippen LogP contribution in [-0.2, 0) is 11.3 Å². The van der Waals surface area contributed by atoms with Crippen molar-refractivity contribution < 1.29 is 19.4 Å². The Morgan fingerprint density at radius 1 is 1.20 bits per heavy atom. The van der Waals surface area contributed by atoms with Crippen LogP contribution in [0.1, 0.15) is 28.4 Å². The van der Waals surface area contributed by atoms with Crippen molar-refractivity contribution in [1.29, 1.82) is 0 Å². The van der Waals surface area contributed by atoms with Crippen LogP contribution in [0.4, 0.5) is 5.69 Å². The number of carboxylic acid groups (broad SMARTS) is 1. The molecule has 0 unspecified atom stereocenters. The number of hydrogen-bond donors (Lipinski definition) is 1. The average molecular weight is 362 g/mol. The van der Waals surface area contributed by atoms with Crippen LogP contribution in [0.3, 0.4) is 0 Å². The first-order chi connectivity index (χ1) is 12.0. The highest BCUT2D eigenvalue weighted by Crippen LogP contribution is 2.24. The molecule has 1 N–H and O–H groups in total. The molecule has 0 atom stereocenters. The summed E-state index contributed by atoms with van der Waals surface area (Å²) in [4.78, 5) is 10.9. The third kappa shape index (κ3) is 4.71. The van der Waals surface area contributed by atoms with E-state index in [1.54, 1.807) is 14.2 Å². The van der Waals surface area contributed by atoms with Gasteiger partial charge in [0.15, 0.2) is 0 Å². The van der Waals surface area contributed by atoms with Gasteiger partial charge in [-0.2, -0.15) is 5.10 Å². The average Bonchev–Trinajstić information content (AvgIpc) is 2.60. The Balaban J connectivity index is 2.26. The number of carbonyl (C=O) groups excluding carboxylic acids is 1. The summed E-state index contributed by atoms with van der Waals surface area (Å²) in [6.07, 6.45) is 0. The third-order valence-corrected chi connectivity index (χ3v) is 3.87. The van der Waals surface area contributed by atoms with Crippen molar-refractivity contribution in [3.8, 4) is 5.75 Å². The number of aromatic carboxylic acids is 1. The van der Waals surface area contributed by atoms with E-state index in [1.807, 2.05) is 25.1 Å². The number of nitrogens with one attached hydrogen (secondary N) is 1. The minimum absolute atomic E-state index is 0.0200. The van der Waals surface area contributed by atoms with E-state index in [0.717, 1.165) is 16.9 Å². The van der Waals surface area contributed by atoms with Gasteiger partial charge in [-0.1, -0.05) is 17.7 Å². The molecule has 0 amide bonds. The van der Waals surface area contributed by atoms with E-state index in [9.17, 15) is 9.90 Å². The molecule has 0 aromatic heterocycles. The van der Waals surface area contributed by atoms with Gasteiger partial charge in [0.2, 0.25) is 0 Å². The number of hydrogen-bond acceptors (Lipinski definition) is 6. The molecule has 0 aliphatic carbocycles. The summed E-state index contributed by atoms with van der Waals surface area (Å²) in [5.74, 6) is -0.546. The Morgan fingerprint density at radius 2 is 1.92 bits per heavy atom. The van der Waals surface area contributed by atoms with Crippen molar-refractivity contribution in [3.63, 3.8) is 0 Å². The molecule has 132 valence electrons. The highest BCUT2D eigenvalue weighted by atomic mass is 35.5. The summed E-state index contributed by atoms with van der Waals surface area (Å²) < 4.78 is 10.5. The fourth-order valence-corrected chi connectivity index (χ4v) is 2.38. The van der Waals surface area contributed by atoms with Crippen LogP contribution in [0.2, 0.25) is 5.02 Å². The first-order valence-corrected chi connectivity index (χ1v) is 7.81. The number of anilines is 1. The molecule has 0 bridgehead atoms. The zero-order valence-corrected chi connectivity index (χ0v) is 14.9. The molecule has 25 heavy (non-hydrogen) atoms. The van der Waals surface area contributed by atoms with Gasteiger partial charge in [-0.3, -0.25) is 5.43 Å². The van der Waals surface area contributed by atoms with Gasteiger partial charge in [0, 0.05) is 12.7 Å². The zero-order valence-electron chi connectivity index (χ0n) is 14.1.